The molecule has 17 heavy (non-hydrogen) atoms. The Morgan fingerprint density at radius 1 is 1.12 bits per heavy atom. The molecule has 0 amide bonds. The minimum Gasteiger partial charge on any atom is -0.481 e. The predicted molar refractivity (Wildman–Crippen MR) is 65.3 cm³/mol. The van der Waals surface area contributed by atoms with Crippen LogP contribution in [-0.4, -0.2) is 17.6 Å². The maximum absolute atomic E-state index is 11.1. The molecule has 0 aromatic rings. The van der Waals surface area contributed by atoms with Crippen molar-refractivity contribution in [1.29, 1.82) is 0 Å². The zero-order chi connectivity index (χ0) is 12.0. The monoisotopic (exact) mass is 237 g/mol. The molecule has 0 spiro atoms. The lowest BCUT2D eigenvalue weighted by Crippen LogP contribution is -2.46. The third-order valence-electron chi connectivity index (χ3n) is 5.61. The van der Waals surface area contributed by atoms with Gasteiger partial charge in [-0.15, -0.1) is 0 Å². The summed E-state index contributed by atoms with van der Waals surface area (Å²) in [7, 11) is 0. The van der Waals surface area contributed by atoms with Gasteiger partial charge < -0.3 is 10.8 Å². The maximum Gasteiger partial charge on any atom is 0.307 e. The van der Waals surface area contributed by atoms with Crippen LogP contribution < -0.4 is 5.73 Å². The Labute approximate surface area is 103 Å². The molecule has 4 aliphatic rings. The minimum absolute atomic E-state index is 0.304. The summed E-state index contributed by atoms with van der Waals surface area (Å²) < 4.78 is 0. The standard InChI is InChI=1S/C14H23NO2/c15-7-12(14(16)17)6-13-10-2-8-1-9(4-10)5-11(13)3-8/h8-13H,1-7,15H2,(H,16,17). The van der Waals surface area contributed by atoms with Gasteiger partial charge in [-0.2, -0.15) is 0 Å². The summed E-state index contributed by atoms with van der Waals surface area (Å²) >= 11 is 0. The molecular formula is C14H23NO2. The second-order valence-corrected chi connectivity index (χ2v) is 6.60. The molecule has 0 heterocycles. The summed E-state index contributed by atoms with van der Waals surface area (Å²) in [4.78, 5) is 11.1. The van der Waals surface area contributed by atoms with Gasteiger partial charge in [-0.05, 0) is 68.1 Å². The van der Waals surface area contributed by atoms with Gasteiger partial charge in [0.2, 0.25) is 0 Å². The molecular weight excluding hydrogens is 214 g/mol. The fourth-order valence-electron chi connectivity index (χ4n) is 5.05. The SMILES string of the molecule is NCC(CC1C2CC3CC(C2)CC1C3)C(=O)O. The van der Waals surface area contributed by atoms with Crippen LogP contribution in [0.4, 0.5) is 0 Å². The first kappa shape index (κ1) is 11.5. The lowest BCUT2D eigenvalue weighted by Gasteiger charge is -2.55. The highest BCUT2D eigenvalue weighted by atomic mass is 16.4. The van der Waals surface area contributed by atoms with Gasteiger partial charge in [-0.3, -0.25) is 4.79 Å². The Balaban J connectivity index is 1.69. The summed E-state index contributed by atoms with van der Waals surface area (Å²) in [6.07, 6.45) is 7.77. The molecule has 4 bridgehead atoms. The molecule has 4 rings (SSSR count). The van der Waals surface area contributed by atoms with Crippen molar-refractivity contribution in [2.45, 2.75) is 38.5 Å². The Hall–Kier alpha value is -0.570. The van der Waals surface area contributed by atoms with E-state index in [1.165, 1.54) is 32.1 Å². The van der Waals surface area contributed by atoms with E-state index in [0.29, 0.717) is 12.5 Å². The number of carboxylic acid groups (broad SMARTS) is 1. The molecule has 0 radical (unpaired) electrons. The fraction of sp³-hybridized carbons (Fsp3) is 0.929. The van der Waals surface area contributed by atoms with Crippen LogP contribution in [0, 0.1) is 35.5 Å². The van der Waals surface area contributed by atoms with E-state index in [4.69, 9.17) is 10.8 Å². The molecule has 0 aromatic heterocycles. The Bertz CT molecular complexity index is 287. The van der Waals surface area contributed by atoms with Crippen molar-refractivity contribution in [2.24, 2.45) is 41.2 Å². The summed E-state index contributed by atoms with van der Waals surface area (Å²) in [6, 6.07) is 0. The molecule has 0 saturated heterocycles. The van der Waals surface area contributed by atoms with E-state index in [0.717, 1.165) is 30.1 Å². The third kappa shape index (κ3) is 1.99. The number of hydrogen-bond acceptors (Lipinski definition) is 2. The molecule has 0 aliphatic heterocycles. The molecule has 4 fully saturated rings. The van der Waals surface area contributed by atoms with E-state index in [1.54, 1.807) is 0 Å². The highest BCUT2D eigenvalue weighted by molar-refractivity contribution is 5.70. The van der Waals surface area contributed by atoms with Crippen LogP contribution in [0.2, 0.25) is 0 Å². The van der Waals surface area contributed by atoms with Gasteiger partial charge in [0, 0.05) is 6.54 Å². The molecule has 96 valence electrons. The van der Waals surface area contributed by atoms with E-state index in [-0.39, 0.29) is 5.92 Å². The number of carbonyl (C=O) groups is 1. The van der Waals surface area contributed by atoms with Crippen LogP contribution in [0.1, 0.15) is 38.5 Å². The number of nitrogens with two attached hydrogens (primary N) is 1. The Kier molecular flexibility index (Phi) is 2.89. The van der Waals surface area contributed by atoms with E-state index in [1.807, 2.05) is 0 Å². The predicted octanol–water partition coefficient (Wildman–Crippen LogP) is 2.11. The maximum atomic E-state index is 11.1. The van der Waals surface area contributed by atoms with Crippen molar-refractivity contribution in [3.8, 4) is 0 Å². The first-order valence-corrected chi connectivity index (χ1v) is 7.10. The molecule has 1 unspecified atom stereocenters. The highest BCUT2D eigenvalue weighted by Crippen LogP contribution is 2.57. The molecule has 1 atom stereocenters. The summed E-state index contributed by atoms with van der Waals surface area (Å²) in [5, 5.41) is 9.15. The average Bonchev–Trinajstić information content (AvgIpc) is 2.27. The lowest BCUT2D eigenvalue weighted by atomic mass is 9.51. The number of aliphatic carboxylic acids is 1. The van der Waals surface area contributed by atoms with Crippen LogP contribution in [0.15, 0.2) is 0 Å². The minimum atomic E-state index is -0.693. The van der Waals surface area contributed by atoms with E-state index < -0.39 is 5.97 Å². The normalized spacial score (nSPS) is 44.9. The van der Waals surface area contributed by atoms with Gasteiger partial charge in [-0.1, -0.05) is 0 Å². The Morgan fingerprint density at radius 2 is 1.65 bits per heavy atom. The second-order valence-electron chi connectivity index (χ2n) is 6.60. The fourth-order valence-corrected chi connectivity index (χ4v) is 5.05. The van der Waals surface area contributed by atoms with Crippen LogP contribution in [0.3, 0.4) is 0 Å². The summed E-state index contributed by atoms with van der Waals surface area (Å²) in [5.41, 5.74) is 5.60. The molecule has 3 nitrogen and oxygen atoms in total. The number of hydrogen-bond donors (Lipinski definition) is 2. The third-order valence-corrected chi connectivity index (χ3v) is 5.61. The van der Waals surface area contributed by atoms with Gasteiger partial charge in [0.25, 0.3) is 0 Å². The molecule has 0 aromatic carbocycles. The zero-order valence-corrected chi connectivity index (χ0v) is 10.3. The Morgan fingerprint density at radius 3 is 2.06 bits per heavy atom. The van der Waals surface area contributed by atoms with Crippen LogP contribution >= 0.6 is 0 Å². The van der Waals surface area contributed by atoms with Crippen molar-refractivity contribution >= 4 is 5.97 Å². The van der Waals surface area contributed by atoms with E-state index in [2.05, 4.69) is 0 Å². The van der Waals surface area contributed by atoms with Crippen LogP contribution in [-0.2, 0) is 4.79 Å². The highest BCUT2D eigenvalue weighted by Gasteiger charge is 2.48. The first-order valence-electron chi connectivity index (χ1n) is 7.10. The molecule has 4 saturated carbocycles. The van der Waals surface area contributed by atoms with Crippen molar-refractivity contribution in [3.63, 3.8) is 0 Å². The van der Waals surface area contributed by atoms with Gasteiger partial charge >= 0.3 is 5.97 Å². The smallest absolute Gasteiger partial charge is 0.307 e. The molecule has 4 aliphatic carbocycles. The van der Waals surface area contributed by atoms with Crippen molar-refractivity contribution in [3.05, 3.63) is 0 Å². The number of carboxylic acids is 1. The van der Waals surface area contributed by atoms with Gasteiger partial charge in [0.1, 0.15) is 0 Å². The molecule has 3 N–H and O–H groups in total. The topological polar surface area (TPSA) is 63.3 Å². The van der Waals surface area contributed by atoms with E-state index in [9.17, 15) is 4.79 Å². The van der Waals surface area contributed by atoms with Crippen molar-refractivity contribution < 1.29 is 9.90 Å². The lowest BCUT2D eigenvalue weighted by molar-refractivity contribution is -0.143. The quantitative estimate of drug-likeness (QED) is 0.787. The van der Waals surface area contributed by atoms with Crippen LogP contribution in [0.5, 0.6) is 0 Å². The van der Waals surface area contributed by atoms with E-state index >= 15 is 0 Å². The summed E-state index contributed by atoms with van der Waals surface area (Å²) in [6.45, 7) is 0.304. The van der Waals surface area contributed by atoms with Gasteiger partial charge in [0.05, 0.1) is 5.92 Å². The van der Waals surface area contributed by atoms with Crippen molar-refractivity contribution in [2.75, 3.05) is 6.54 Å². The van der Waals surface area contributed by atoms with Gasteiger partial charge in [-0.25, -0.2) is 0 Å². The zero-order valence-electron chi connectivity index (χ0n) is 10.3. The summed E-state index contributed by atoms with van der Waals surface area (Å²) in [5.74, 6) is 3.23. The average molecular weight is 237 g/mol. The van der Waals surface area contributed by atoms with Crippen LogP contribution in [0.25, 0.3) is 0 Å². The second kappa shape index (κ2) is 4.27. The van der Waals surface area contributed by atoms with Gasteiger partial charge in [0.15, 0.2) is 0 Å². The number of rotatable bonds is 4. The first-order chi connectivity index (χ1) is 8.17. The van der Waals surface area contributed by atoms with Crippen molar-refractivity contribution in [1.82, 2.24) is 0 Å². The molecule has 3 heteroatoms. The largest absolute Gasteiger partial charge is 0.481 e.